The second-order valence-corrected chi connectivity index (χ2v) is 3.26. The molecule has 0 saturated carbocycles. The largest absolute Gasteiger partial charge is 0.493 e. The number of hydrogen-bond donors (Lipinski definition) is 2. The van der Waals surface area contributed by atoms with Crippen LogP contribution in [0.2, 0.25) is 0 Å². The molecular weight excluding hydrogens is 208 g/mol. The van der Waals surface area contributed by atoms with Crippen molar-refractivity contribution in [1.82, 2.24) is 0 Å². The number of hydrogen-bond acceptors (Lipinski definition) is 3. The zero-order valence-corrected chi connectivity index (χ0v) is 8.74. The Hall–Kier alpha value is -1.81. The quantitative estimate of drug-likeness (QED) is 0.712. The van der Waals surface area contributed by atoms with Crippen LogP contribution in [0.25, 0.3) is 0 Å². The van der Waals surface area contributed by atoms with Gasteiger partial charge < -0.3 is 14.9 Å². The number of carbonyl (C=O) groups is 1. The Morgan fingerprint density at radius 1 is 1.38 bits per heavy atom. The van der Waals surface area contributed by atoms with Crippen molar-refractivity contribution >= 4 is 5.97 Å². The topological polar surface area (TPSA) is 66.8 Å². The summed E-state index contributed by atoms with van der Waals surface area (Å²) >= 11 is 0. The first-order valence-electron chi connectivity index (χ1n) is 4.92. The van der Waals surface area contributed by atoms with E-state index in [1.54, 1.807) is 12.1 Å². The number of carboxylic acids is 1. The van der Waals surface area contributed by atoms with Gasteiger partial charge in [0, 0.05) is 12.0 Å². The zero-order valence-electron chi connectivity index (χ0n) is 8.74. The van der Waals surface area contributed by atoms with Crippen molar-refractivity contribution in [1.29, 1.82) is 0 Å². The van der Waals surface area contributed by atoms with E-state index in [9.17, 15) is 4.79 Å². The lowest BCUT2D eigenvalue weighted by Gasteiger charge is -2.11. The van der Waals surface area contributed by atoms with Crippen LogP contribution in [0.5, 0.6) is 5.75 Å². The van der Waals surface area contributed by atoms with Gasteiger partial charge in [0.2, 0.25) is 0 Å². The third-order valence-corrected chi connectivity index (χ3v) is 1.95. The standard InChI is InChI=1S/C12H14O4/c13-8-10(6-7-12(14)15)9-16-11-4-2-1-3-5-11/h1-7,10,13H,8-9H2,(H,14,15). The van der Waals surface area contributed by atoms with Gasteiger partial charge in [0.05, 0.1) is 13.2 Å². The minimum Gasteiger partial charge on any atom is -0.493 e. The Kier molecular flexibility index (Phi) is 5.08. The van der Waals surface area contributed by atoms with Gasteiger partial charge in [0.1, 0.15) is 5.75 Å². The van der Waals surface area contributed by atoms with Crippen LogP contribution in [0.4, 0.5) is 0 Å². The van der Waals surface area contributed by atoms with E-state index >= 15 is 0 Å². The summed E-state index contributed by atoms with van der Waals surface area (Å²) in [5, 5.41) is 17.4. The van der Waals surface area contributed by atoms with Gasteiger partial charge in [-0.25, -0.2) is 4.79 Å². The molecule has 1 atom stereocenters. The van der Waals surface area contributed by atoms with Gasteiger partial charge in [0.15, 0.2) is 0 Å². The summed E-state index contributed by atoms with van der Waals surface area (Å²) in [7, 11) is 0. The second-order valence-electron chi connectivity index (χ2n) is 3.26. The maximum Gasteiger partial charge on any atom is 0.327 e. The molecule has 0 fully saturated rings. The van der Waals surface area contributed by atoms with Crippen LogP contribution < -0.4 is 4.74 Å². The van der Waals surface area contributed by atoms with Gasteiger partial charge in [0.25, 0.3) is 0 Å². The monoisotopic (exact) mass is 222 g/mol. The summed E-state index contributed by atoms with van der Waals surface area (Å²) in [5.74, 6) is -0.640. The van der Waals surface area contributed by atoms with Crippen molar-refractivity contribution in [3.63, 3.8) is 0 Å². The molecule has 1 aromatic carbocycles. The Morgan fingerprint density at radius 2 is 2.06 bits per heavy atom. The van der Waals surface area contributed by atoms with E-state index in [1.165, 1.54) is 6.08 Å². The molecule has 0 saturated heterocycles. The molecule has 0 aliphatic carbocycles. The molecule has 0 radical (unpaired) electrons. The fraction of sp³-hybridized carbons (Fsp3) is 0.250. The highest BCUT2D eigenvalue weighted by atomic mass is 16.5. The summed E-state index contributed by atoms with van der Waals surface area (Å²) in [5.41, 5.74) is 0. The van der Waals surface area contributed by atoms with Gasteiger partial charge >= 0.3 is 5.97 Å². The Balaban J connectivity index is 2.43. The van der Waals surface area contributed by atoms with Gasteiger partial charge in [-0.3, -0.25) is 0 Å². The number of carboxylic acid groups (broad SMARTS) is 1. The SMILES string of the molecule is O=C(O)C=CC(CO)COc1ccccc1. The lowest BCUT2D eigenvalue weighted by molar-refractivity contribution is -0.131. The number of aliphatic hydroxyl groups excluding tert-OH is 1. The zero-order chi connectivity index (χ0) is 11.8. The van der Waals surface area contributed by atoms with E-state index in [2.05, 4.69) is 0 Å². The highest BCUT2D eigenvalue weighted by Gasteiger charge is 2.04. The van der Waals surface area contributed by atoms with E-state index in [-0.39, 0.29) is 19.1 Å². The minimum atomic E-state index is -1.03. The van der Waals surface area contributed by atoms with Crippen LogP contribution in [-0.4, -0.2) is 29.4 Å². The van der Waals surface area contributed by atoms with Gasteiger partial charge in [-0.15, -0.1) is 0 Å². The summed E-state index contributed by atoms with van der Waals surface area (Å²) in [4.78, 5) is 10.3. The molecule has 0 spiro atoms. The highest BCUT2D eigenvalue weighted by Crippen LogP contribution is 2.10. The van der Waals surface area contributed by atoms with Crippen molar-refractivity contribution in [2.24, 2.45) is 5.92 Å². The fourth-order valence-corrected chi connectivity index (χ4v) is 1.11. The predicted octanol–water partition coefficient (Wildman–Crippen LogP) is 1.31. The fourth-order valence-electron chi connectivity index (χ4n) is 1.11. The highest BCUT2D eigenvalue weighted by molar-refractivity contribution is 5.79. The van der Waals surface area contributed by atoms with Gasteiger partial charge in [-0.1, -0.05) is 24.3 Å². The molecule has 0 bridgehead atoms. The average Bonchev–Trinajstić information content (AvgIpc) is 2.30. The molecule has 0 amide bonds. The number of aliphatic carboxylic acids is 1. The maximum absolute atomic E-state index is 10.3. The molecule has 0 aliphatic heterocycles. The third-order valence-electron chi connectivity index (χ3n) is 1.95. The number of aliphatic hydroxyl groups is 1. The smallest absolute Gasteiger partial charge is 0.327 e. The van der Waals surface area contributed by atoms with Gasteiger partial charge in [-0.05, 0) is 12.1 Å². The molecular formula is C12H14O4. The first-order valence-corrected chi connectivity index (χ1v) is 4.92. The molecule has 4 heteroatoms. The minimum absolute atomic E-state index is 0.142. The van der Waals surface area contributed by atoms with Crippen molar-refractivity contribution in [3.8, 4) is 5.75 Å². The molecule has 16 heavy (non-hydrogen) atoms. The van der Waals surface area contributed by atoms with E-state index in [1.807, 2.05) is 18.2 Å². The number of ether oxygens (including phenoxy) is 1. The van der Waals surface area contributed by atoms with Crippen molar-refractivity contribution in [3.05, 3.63) is 42.5 Å². The van der Waals surface area contributed by atoms with Crippen LogP contribution >= 0.6 is 0 Å². The first kappa shape index (κ1) is 12.3. The summed E-state index contributed by atoms with van der Waals surface area (Å²) in [6, 6.07) is 9.16. The molecule has 1 rings (SSSR count). The van der Waals surface area contributed by atoms with Crippen molar-refractivity contribution in [2.45, 2.75) is 0 Å². The molecule has 0 aromatic heterocycles. The van der Waals surface area contributed by atoms with Crippen molar-refractivity contribution < 1.29 is 19.7 Å². The van der Waals surface area contributed by atoms with Crippen LogP contribution in [0.1, 0.15) is 0 Å². The number of benzene rings is 1. The van der Waals surface area contributed by atoms with Crippen LogP contribution in [0, 0.1) is 5.92 Å². The normalized spacial score (nSPS) is 12.6. The second kappa shape index (κ2) is 6.63. The molecule has 86 valence electrons. The Labute approximate surface area is 93.8 Å². The molecule has 4 nitrogen and oxygen atoms in total. The predicted molar refractivity (Wildman–Crippen MR) is 59.3 cm³/mol. The average molecular weight is 222 g/mol. The Bertz CT molecular complexity index is 345. The number of rotatable bonds is 6. The molecule has 0 heterocycles. The lowest BCUT2D eigenvalue weighted by Crippen LogP contribution is -2.14. The van der Waals surface area contributed by atoms with Crippen LogP contribution in [0.3, 0.4) is 0 Å². The van der Waals surface area contributed by atoms with E-state index < -0.39 is 5.97 Å². The summed E-state index contributed by atoms with van der Waals surface area (Å²) in [6.07, 6.45) is 2.43. The molecule has 2 N–H and O–H groups in total. The van der Waals surface area contributed by atoms with Crippen LogP contribution in [-0.2, 0) is 4.79 Å². The maximum atomic E-state index is 10.3. The molecule has 0 aliphatic rings. The first-order chi connectivity index (χ1) is 7.72. The van der Waals surface area contributed by atoms with Crippen molar-refractivity contribution in [2.75, 3.05) is 13.2 Å². The van der Waals surface area contributed by atoms with Gasteiger partial charge in [-0.2, -0.15) is 0 Å². The van der Waals surface area contributed by atoms with E-state index in [4.69, 9.17) is 14.9 Å². The summed E-state index contributed by atoms with van der Waals surface area (Å²) < 4.78 is 5.39. The third kappa shape index (κ3) is 4.61. The Morgan fingerprint density at radius 3 is 2.62 bits per heavy atom. The lowest BCUT2D eigenvalue weighted by atomic mass is 10.1. The van der Waals surface area contributed by atoms with E-state index in [0.29, 0.717) is 5.75 Å². The molecule has 1 unspecified atom stereocenters. The van der Waals surface area contributed by atoms with Crippen LogP contribution in [0.15, 0.2) is 42.5 Å². The molecule has 1 aromatic rings. The van der Waals surface area contributed by atoms with E-state index in [0.717, 1.165) is 6.08 Å². The summed E-state index contributed by atoms with van der Waals surface area (Å²) in [6.45, 7) is 0.112. The number of para-hydroxylation sites is 1.